The number of benzene rings is 2. The maximum Gasteiger partial charge on any atom is 0.324 e. The minimum Gasteiger partial charge on any atom is -0.494 e. The van der Waals surface area contributed by atoms with Crippen LogP contribution < -0.4 is 9.75 Å². The zero-order chi connectivity index (χ0) is 22.7. The number of nitro groups is 1. The average molecular weight is 467 g/mol. The molecule has 2 heterocycles. The van der Waals surface area contributed by atoms with E-state index < -0.39 is 10.8 Å². The SMILES string of the molecule is CCOc1ccc(/C=N/N(C(=O)c2ccc([N+](=O)[O-])s2)c2nc3ccc(C)cc3s2)cc1. The molecule has 0 N–H and O–H groups in total. The van der Waals surface area contributed by atoms with Crippen molar-refractivity contribution in [3.63, 3.8) is 0 Å². The molecule has 2 aromatic heterocycles. The van der Waals surface area contributed by atoms with Gasteiger partial charge < -0.3 is 4.74 Å². The molecule has 0 aliphatic rings. The van der Waals surface area contributed by atoms with Gasteiger partial charge in [-0.25, -0.2) is 4.98 Å². The first-order valence-electron chi connectivity index (χ1n) is 9.67. The third-order valence-electron chi connectivity index (χ3n) is 4.40. The van der Waals surface area contributed by atoms with Crippen LogP contribution in [0.25, 0.3) is 10.2 Å². The van der Waals surface area contributed by atoms with Gasteiger partial charge in [-0.05, 0) is 67.4 Å². The smallest absolute Gasteiger partial charge is 0.324 e. The van der Waals surface area contributed by atoms with Crippen molar-refractivity contribution in [1.29, 1.82) is 0 Å². The Kier molecular flexibility index (Phi) is 6.24. The number of fused-ring (bicyclic) bond motifs is 1. The van der Waals surface area contributed by atoms with Crippen molar-refractivity contribution in [2.75, 3.05) is 11.6 Å². The molecule has 10 heteroatoms. The number of rotatable bonds is 7. The molecule has 0 saturated heterocycles. The molecule has 32 heavy (non-hydrogen) atoms. The van der Waals surface area contributed by atoms with Gasteiger partial charge in [-0.15, -0.1) is 0 Å². The molecular formula is C22H18N4O4S2. The third-order valence-corrected chi connectivity index (χ3v) is 6.42. The van der Waals surface area contributed by atoms with Gasteiger partial charge in [0.05, 0.1) is 28.0 Å². The summed E-state index contributed by atoms with van der Waals surface area (Å²) in [5.74, 6) is 0.256. The largest absolute Gasteiger partial charge is 0.494 e. The highest BCUT2D eigenvalue weighted by Crippen LogP contribution is 2.32. The van der Waals surface area contributed by atoms with Gasteiger partial charge in [-0.2, -0.15) is 10.1 Å². The molecule has 0 saturated carbocycles. The number of carbonyl (C=O) groups excluding carboxylic acids is 1. The molecule has 0 atom stereocenters. The lowest BCUT2D eigenvalue weighted by Crippen LogP contribution is -2.24. The van der Waals surface area contributed by atoms with E-state index in [-0.39, 0.29) is 9.88 Å². The van der Waals surface area contributed by atoms with Gasteiger partial charge in [0.1, 0.15) is 10.6 Å². The Morgan fingerprint density at radius 3 is 2.66 bits per heavy atom. The standard InChI is InChI=1S/C22H18N4O4S2/c1-3-30-16-7-5-15(6-8-16)13-23-25(21(27)18-10-11-20(31-18)26(28)29)22-24-17-9-4-14(2)12-19(17)32-22/h4-13H,3H2,1-2H3/b23-13+. The number of aromatic nitrogens is 1. The maximum atomic E-state index is 13.2. The molecule has 0 spiro atoms. The number of hydrogen-bond donors (Lipinski definition) is 0. The summed E-state index contributed by atoms with van der Waals surface area (Å²) in [6, 6.07) is 15.9. The van der Waals surface area contributed by atoms with Crippen molar-refractivity contribution in [2.24, 2.45) is 5.10 Å². The number of anilines is 1. The van der Waals surface area contributed by atoms with E-state index in [1.807, 2.05) is 56.3 Å². The average Bonchev–Trinajstić information content (AvgIpc) is 3.42. The van der Waals surface area contributed by atoms with Gasteiger partial charge in [0.2, 0.25) is 5.13 Å². The highest BCUT2D eigenvalue weighted by molar-refractivity contribution is 7.22. The molecule has 4 aromatic rings. The van der Waals surface area contributed by atoms with Crippen LogP contribution in [-0.2, 0) is 0 Å². The Morgan fingerprint density at radius 1 is 1.19 bits per heavy atom. The quantitative estimate of drug-likeness (QED) is 0.199. The molecule has 0 fully saturated rings. The Balaban J connectivity index is 1.70. The predicted octanol–water partition coefficient (Wildman–Crippen LogP) is 5.65. The zero-order valence-corrected chi connectivity index (χ0v) is 18.9. The van der Waals surface area contributed by atoms with Crippen LogP contribution in [0.5, 0.6) is 5.75 Å². The molecule has 162 valence electrons. The highest BCUT2D eigenvalue weighted by Gasteiger charge is 2.24. The van der Waals surface area contributed by atoms with Crippen LogP contribution in [0.2, 0.25) is 0 Å². The minimum absolute atomic E-state index is 0.108. The molecule has 8 nitrogen and oxygen atoms in total. The topological polar surface area (TPSA) is 97.9 Å². The van der Waals surface area contributed by atoms with Crippen LogP contribution in [0.15, 0.2) is 59.7 Å². The van der Waals surface area contributed by atoms with Gasteiger partial charge >= 0.3 is 5.00 Å². The lowest BCUT2D eigenvalue weighted by molar-refractivity contribution is -0.380. The number of thiophene rings is 1. The van der Waals surface area contributed by atoms with Crippen molar-refractivity contribution in [1.82, 2.24) is 4.98 Å². The van der Waals surface area contributed by atoms with Crippen LogP contribution in [0, 0.1) is 17.0 Å². The van der Waals surface area contributed by atoms with E-state index in [0.29, 0.717) is 11.7 Å². The van der Waals surface area contributed by atoms with E-state index in [1.54, 1.807) is 6.21 Å². The molecule has 1 amide bonds. The van der Waals surface area contributed by atoms with Crippen molar-refractivity contribution >= 4 is 55.1 Å². The lowest BCUT2D eigenvalue weighted by Gasteiger charge is -2.12. The summed E-state index contributed by atoms with van der Waals surface area (Å²) in [7, 11) is 0. The first-order valence-corrected chi connectivity index (χ1v) is 11.3. The van der Waals surface area contributed by atoms with E-state index in [9.17, 15) is 14.9 Å². The monoisotopic (exact) mass is 466 g/mol. The Morgan fingerprint density at radius 2 is 1.97 bits per heavy atom. The molecule has 4 rings (SSSR count). The van der Waals surface area contributed by atoms with Crippen LogP contribution in [0.3, 0.4) is 0 Å². The molecule has 2 aromatic carbocycles. The molecule has 0 bridgehead atoms. The summed E-state index contributed by atoms with van der Waals surface area (Å²) in [6.45, 7) is 4.46. The Bertz CT molecular complexity index is 1310. The summed E-state index contributed by atoms with van der Waals surface area (Å²) < 4.78 is 6.37. The summed E-state index contributed by atoms with van der Waals surface area (Å²) in [5, 5.41) is 16.9. The number of nitrogens with zero attached hydrogens (tertiary/aromatic N) is 4. The van der Waals surface area contributed by atoms with Crippen molar-refractivity contribution in [3.8, 4) is 5.75 Å². The van der Waals surface area contributed by atoms with Gasteiger partial charge in [-0.3, -0.25) is 14.9 Å². The fourth-order valence-electron chi connectivity index (χ4n) is 2.89. The Hall–Kier alpha value is -3.63. The maximum absolute atomic E-state index is 13.2. The predicted molar refractivity (Wildman–Crippen MR) is 127 cm³/mol. The van der Waals surface area contributed by atoms with Gasteiger partial charge in [0.25, 0.3) is 5.91 Å². The molecule has 0 unspecified atom stereocenters. The number of carbonyl (C=O) groups is 1. The number of amides is 1. The summed E-state index contributed by atoms with van der Waals surface area (Å²) in [4.78, 5) is 28.5. The van der Waals surface area contributed by atoms with Crippen molar-refractivity contribution < 1.29 is 14.5 Å². The first-order chi connectivity index (χ1) is 15.4. The van der Waals surface area contributed by atoms with Crippen LogP contribution in [-0.4, -0.2) is 28.6 Å². The normalized spacial score (nSPS) is 11.2. The lowest BCUT2D eigenvalue weighted by atomic mass is 10.2. The van der Waals surface area contributed by atoms with E-state index in [1.165, 1.54) is 28.5 Å². The summed E-state index contributed by atoms with van der Waals surface area (Å²) in [5.41, 5.74) is 2.60. The van der Waals surface area contributed by atoms with Gasteiger partial charge in [-0.1, -0.05) is 28.7 Å². The summed E-state index contributed by atoms with van der Waals surface area (Å²) in [6.07, 6.45) is 1.55. The van der Waals surface area contributed by atoms with E-state index >= 15 is 0 Å². The second-order valence-corrected chi connectivity index (χ2v) is 8.80. The zero-order valence-electron chi connectivity index (χ0n) is 17.2. The van der Waals surface area contributed by atoms with Crippen molar-refractivity contribution in [2.45, 2.75) is 13.8 Å². The third kappa shape index (κ3) is 4.66. The summed E-state index contributed by atoms with van der Waals surface area (Å²) >= 11 is 2.14. The van der Waals surface area contributed by atoms with Crippen molar-refractivity contribution in [3.05, 3.63) is 80.7 Å². The fourth-order valence-corrected chi connectivity index (χ4v) is 4.65. The number of hydrazone groups is 1. The molecule has 0 aliphatic heterocycles. The van der Waals surface area contributed by atoms with Crippen LogP contribution in [0.4, 0.5) is 10.1 Å². The first kappa shape index (κ1) is 21.6. The van der Waals surface area contributed by atoms with E-state index in [2.05, 4.69) is 10.1 Å². The second kappa shape index (κ2) is 9.25. The van der Waals surface area contributed by atoms with Gasteiger partial charge in [0.15, 0.2) is 0 Å². The second-order valence-electron chi connectivity index (χ2n) is 6.73. The van der Waals surface area contributed by atoms with Gasteiger partial charge in [0, 0.05) is 6.07 Å². The number of thiazole rings is 1. The van der Waals surface area contributed by atoms with Crippen LogP contribution in [0.1, 0.15) is 27.7 Å². The van der Waals surface area contributed by atoms with E-state index in [0.717, 1.165) is 38.4 Å². The molecule has 0 radical (unpaired) electrons. The molecule has 0 aliphatic carbocycles. The number of ether oxygens (including phenoxy) is 1. The number of aryl methyl sites for hydroxylation is 1. The molecular weight excluding hydrogens is 448 g/mol. The van der Waals surface area contributed by atoms with E-state index in [4.69, 9.17) is 4.74 Å². The Labute approximate surface area is 191 Å². The van der Waals surface area contributed by atoms with Crippen LogP contribution >= 0.6 is 22.7 Å². The number of hydrogen-bond acceptors (Lipinski definition) is 8. The fraction of sp³-hybridized carbons (Fsp3) is 0.136. The minimum atomic E-state index is -0.518. The highest BCUT2D eigenvalue weighted by atomic mass is 32.1.